The number of pyridine rings is 1. The van der Waals surface area contributed by atoms with E-state index < -0.39 is 36.4 Å². The van der Waals surface area contributed by atoms with Crippen LogP contribution in [-0.4, -0.2) is 72.6 Å². The maximum atomic E-state index is 11.4. The standard InChI is InChI=1S/C18H18N6O5S2/c1-28-16-14(24-6-11(22-23-24)12-8-30-18(27)21-12)15(26)13(7-25)29-17(16)31-10-2-9(3-19)4-20-5-10/h2,4-6,8,13-17,25-26H,7H2,1H3,(H,21,27)/t13?,14-,15-,16?,17+/m0/s1. The molecule has 1 aliphatic rings. The molecule has 3 aromatic heterocycles. The topological polar surface area (TPSA) is 159 Å². The average molecular weight is 463 g/mol. The predicted octanol–water partition coefficient (Wildman–Crippen LogP) is 0.388. The van der Waals surface area contributed by atoms with Gasteiger partial charge in [-0.2, -0.15) is 5.26 Å². The fourth-order valence-corrected chi connectivity index (χ4v) is 5.10. The van der Waals surface area contributed by atoms with Gasteiger partial charge in [-0.1, -0.05) is 28.3 Å². The van der Waals surface area contributed by atoms with E-state index in [0.29, 0.717) is 21.8 Å². The number of aromatic nitrogens is 5. The Balaban J connectivity index is 1.65. The lowest BCUT2D eigenvalue weighted by atomic mass is 9.97. The Morgan fingerprint density at radius 3 is 3.00 bits per heavy atom. The number of nitrogens with one attached hydrogen (secondary N) is 1. The number of hydrogen-bond donors (Lipinski definition) is 3. The van der Waals surface area contributed by atoms with Crippen LogP contribution in [0.2, 0.25) is 0 Å². The number of rotatable bonds is 6. The van der Waals surface area contributed by atoms with Gasteiger partial charge in [0, 0.05) is 29.8 Å². The smallest absolute Gasteiger partial charge is 0.304 e. The van der Waals surface area contributed by atoms with Gasteiger partial charge in [0.1, 0.15) is 41.6 Å². The minimum Gasteiger partial charge on any atom is -0.394 e. The second-order valence-corrected chi connectivity index (χ2v) is 8.71. The summed E-state index contributed by atoms with van der Waals surface area (Å²) < 4.78 is 13.0. The second-order valence-electron chi connectivity index (χ2n) is 6.69. The molecule has 0 bridgehead atoms. The first-order valence-corrected chi connectivity index (χ1v) is 10.9. The molecule has 13 heteroatoms. The number of aromatic amines is 1. The van der Waals surface area contributed by atoms with Crippen molar-refractivity contribution in [3.63, 3.8) is 0 Å². The molecule has 0 spiro atoms. The molecule has 1 aliphatic heterocycles. The van der Waals surface area contributed by atoms with Gasteiger partial charge in [0.15, 0.2) is 0 Å². The van der Waals surface area contributed by atoms with Crippen molar-refractivity contribution in [2.75, 3.05) is 13.7 Å². The molecule has 5 atom stereocenters. The highest BCUT2D eigenvalue weighted by Gasteiger charge is 2.47. The number of thiazole rings is 1. The van der Waals surface area contributed by atoms with E-state index in [9.17, 15) is 15.0 Å². The summed E-state index contributed by atoms with van der Waals surface area (Å²) >= 11 is 2.27. The van der Waals surface area contributed by atoms with Crippen LogP contribution in [0.4, 0.5) is 0 Å². The first kappa shape index (κ1) is 21.6. The van der Waals surface area contributed by atoms with Gasteiger partial charge in [-0.3, -0.25) is 9.78 Å². The lowest BCUT2D eigenvalue weighted by Gasteiger charge is -2.43. The summed E-state index contributed by atoms with van der Waals surface area (Å²) in [6, 6.07) is 2.98. The van der Waals surface area contributed by atoms with E-state index in [1.54, 1.807) is 23.8 Å². The number of aliphatic hydroxyl groups is 2. The van der Waals surface area contributed by atoms with Crippen molar-refractivity contribution in [3.8, 4) is 17.5 Å². The minimum absolute atomic E-state index is 0.213. The van der Waals surface area contributed by atoms with E-state index in [1.165, 1.54) is 29.8 Å². The Morgan fingerprint density at radius 1 is 1.48 bits per heavy atom. The first-order chi connectivity index (χ1) is 15.0. The van der Waals surface area contributed by atoms with Crippen molar-refractivity contribution in [2.45, 2.75) is 34.7 Å². The Hall–Kier alpha value is -2.60. The number of nitrogens with zero attached hydrogens (tertiary/aromatic N) is 5. The highest BCUT2D eigenvalue weighted by Crippen LogP contribution is 2.39. The van der Waals surface area contributed by atoms with Crippen LogP contribution < -0.4 is 4.87 Å². The molecule has 0 radical (unpaired) electrons. The van der Waals surface area contributed by atoms with Gasteiger partial charge in [0.05, 0.1) is 24.1 Å². The Bertz CT molecular complexity index is 1140. The summed E-state index contributed by atoms with van der Waals surface area (Å²) in [5.74, 6) is 0. The number of methoxy groups -OCH3 is 1. The molecule has 0 saturated carbocycles. The van der Waals surface area contributed by atoms with Crippen LogP contribution in [0.3, 0.4) is 0 Å². The van der Waals surface area contributed by atoms with E-state index in [1.807, 2.05) is 6.07 Å². The molecule has 162 valence electrons. The zero-order valence-corrected chi connectivity index (χ0v) is 17.8. The van der Waals surface area contributed by atoms with Gasteiger partial charge >= 0.3 is 4.87 Å². The molecule has 1 saturated heterocycles. The minimum atomic E-state index is -1.13. The Morgan fingerprint density at radius 2 is 2.32 bits per heavy atom. The Labute approximate surface area is 184 Å². The van der Waals surface area contributed by atoms with Crippen molar-refractivity contribution in [3.05, 3.63) is 45.3 Å². The summed E-state index contributed by atoms with van der Waals surface area (Å²) in [6.07, 6.45) is 1.94. The first-order valence-electron chi connectivity index (χ1n) is 9.13. The van der Waals surface area contributed by atoms with Crippen molar-refractivity contribution < 1.29 is 19.7 Å². The maximum absolute atomic E-state index is 11.4. The molecule has 3 aromatic rings. The summed E-state index contributed by atoms with van der Waals surface area (Å²) in [6.45, 7) is -0.416. The van der Waals surface area contributed by atoms with Crippen molar-refractivity contribution in [1.29, 1.82) is 5.26 Å². The molecule has 3 N–H and O–H groups in total. The summed E-state index contributed by atoms with van der Waals surface area (Å²) in [5, 5.41) is 39.6. The van der Waals surface area contributed by atoms with Crippen LogP contribution >= 0.6 is 23.1 Å². The van der Waals surface area contributed by atoms with Crippen LogP contribution in [0.15, 0.2) is 39.7 Å². The van der Waals surface area contributed by atoms with Crippen molar-refractivity contribution >= 4 is 23.1 Å². The van der Waals surface area contributed by atoms with Crippen LogP contribution in [0.25, 0.3) is 11.4 Å². The third kappa shape index (κ3) is 4.40. The van der Waals surface area contributed by atoms with E-state index in [-0.39, 0.29) is 4.87 Å². The molecule has 0 aliphatic carbocycles. The highest BCUT2D eigenvalue weighted by atomic mass is 32.2. The third-order valence-electron chi connectivity index (χ3n) is 4.80. The molecule has 4 rings (SSSR count). The number of nitriles is 1. The SMILES string of the molecule is COC1[C@@H](Sc2cncc(C#N)c2)OC(CO)[C@H](O)[C@@H]1n1cc(-c2csc(=O)[nH]2)nn1. The van der Waals surface area contributed by atoms with Gasteiger partial charge in [-0.25, -0.2) is 4.68 Å². The predicted molar refractivity (Wildman–Crippen MR) is 110 cm³/mol. The summed E-state index contributed by atoms with van der Waals surface area (Å²) in [4.78, 5) is 18.6. The quantitative estimate of drug-likeness (QED) is 0.467. The van der Waals surface area contributed by atoms with Crippen LogP contribution in [0, 0.1) is 11.3 Å². The lowest BCUT2D eigenvalue weighted by molar-refractivity contribution is -0.186. The van der Waals surface area contributed by atoms with E-state index in [2.05, 4.69) is 20.3 Å². The number of aliphatic hydroxyl groups excluding tert-OH is 2. The number of ether oxygens (including phenoxy) is 2. The number of H-pyrrole nitrogens is 1. The van der Waals surface area contributed by atoms with Crippen molar-refractivity contribution in [1.82, 2.24) is 25.0 Å². The summed E-state index contributed by atoms with van der Waals surface area (Å²) in [5.41, 5.74) is 0.707. The summed E-state index contributed by atoms with van der Waals surface area (Å²) in [7, 11) is 1.48. The monoisotopic (exact) mass is 462 g/mol. The van der Waals surface area contributed by atoms with Gasteiger partial charge in [-0.15, -0.1) is 5.10 Å². The normalized spacial score (nSPS) is 25.9. The molecular weight excluding hydrogens is 444 g/mol. The molecule has 31 heavy (non-hydrogen) atoms. The second kappa shape index (κ2) is 9.27. The van der Waals surface area contributed by atoms with Crippen LogP contribution in [0.1, 0.15) is 11.6 Å². The van der Waals surface area contributed by atoms with Gasteiger partial charge in [0.2, 0.25) is 0 Å². The molecule has 4 heterocycles. The fraction of sp³-hybridized carbons (Fsp3) is 0.389. The average Bonchev–Trinajstić information content (AvgIpc) is 3.43. The molecule has 0 amide bonds. The van der Waals surface area contributed by atoms with Crippen LogP contribution in [0.5, 0.6) is 0 Å². The van der Waals surface area contributed by atoms with E-state index >= 15 is 0 Å². The zero-order valence-electron chi connectivity index (χ0n) is 16.2. The molecule has 11 nitrogen and oxygen atoms in total. The van der Waals surface area contributed by atoms with Crippen LogP contribution in [-0.2, 0) is 9.47 Å². The Kier molecular flexibility index (Phi) is 6.46. The van der Waals surface area contributed by atoms with E-state index in [4.69, 9.17) is 14.7 Å². The maximum Gasteiger partial charge on any atom is 0.304 e. The van der Waals surface area contributed by atoms with Gasteiger partial charge in [0.25, 0.3) is 0 Å². The van der Waals surface area contributed by atoms with Crippen molar-refractivity contribution in [2.24, 2.45) is 0 Å². The fourth-order valence-electron chi connectivity index (χ4n) is 3.34. The third-order valence-corrected chi connectivity index (χ3v) is 6.58. The largest absolute Gasteiger partial charge is 0.394 e. The van der Waals surface area contributed by atoms with Gasteiger partial charge in [-0.05, 0) is 6.07 Å². The number of thioether (sulfide) groups is 1. The molecule has 0 aromatic carbocycles. The van der Waals surface area contributed by atoms with Gasteiger partial charge < -0.3 is 24.7 Å². The molecular formula is C18H18N6O5S2. The molecule has 2 unspecified atom stereocenters. The molecule has 1 fully saturated rings. The van der Waals surface area contributed by atoms with E-state index in [0.717, 1.165) is 11.3 Å². The highest BCUT2D eigenvalue weighted by molar-refractivity contribution is 7.99. The lowest BCUT2D eigenvalue weighted by Crippen LogP contribution is -2.55. The zero-order chi connectivity index (χ0) is 22.0. The number of hydrogen-bond acceptors (Lipinski definition) is 11.